The third-order valence-corrected chi connectivity index (χ3v) is 2.50. The Labute approximate surface area is 107 Å². The van der Waals surface area contributed by atoms with E-state index in [9.17, 15) is 0 Å². The molecule has 2 aromatic heterocycles. The van der Waals surface area contributed by atoms with Gasteiger partial charge in [-0.05, 0) is 15.9 Å². The summed E-state index contributed by atoms with van der Waals surface area (Å²) in [7, 11) is 0. The largest absolute Gasteiger partial charge is 0.394 e. The minimum Gasteiger partial charge on any atom is -0.394 e. The van der Waals surface area contributed by atoms with Crippen LogP contribution in [-0.2, 0) is 4.74 Å². The molecule has 2 N–H and O–H groups in total. The molecule has 0 unspecified atom stereocenters. The molecule has 92 valence electrons. The van der Waals surface area contributed by atoms with Gasteiger partial charge in [0.05, 0.1) is 19.8 Å². The van der Waals surface area contributed by atoms with Crippen molar-refractivity contribution in [3.05, 3.63) is 23.2 Å². The SMILES string of the molecule is OCCOCCNc1nc(Br)cn2ccnc12. The lowest BCUT2D eigenvalue weighted by Gasteiger charge is -2.07. The zero-order valence-electron chi connectivity index (χ0n) is 9.14. The predicted molar refractivity (Wildman–Crippen MR) is 67.1 cm³/mol. The minimum absolute atomic E-state index is 0.0413. The first kappa shape index (κ1) is 12.3. The highest BCUT2D eigenvalue weighted by Crippen LogP contribution is 2.16. The number of imidazole rings is 1. The van der Waals surface area contributed by atoms with E-state index in [0.29, 0.717) is 25.6 Å². The van der Waals surface area contributed by atoms with Gasteiger partial charge in [-0.1, -0.05) is 0 Å². The molecule has 0 fully saturated rings. The summed E-state index contributed by atoms with van der Waals surface area (Å²) in [6, 6.07) is 0. The molecule has 2 heterocycles. The molecule has 2 aromatic rings. The van der Waals surface area contributed by atoms with E-state index in [4.69, 9.17) is 9.84 Å². The van der Waals surface area contributed by atoms with Gasteiger partial charge in [-0.2, -0.15) is 0 Å². The highest BCUT2D eigenvalue weighted by molar-refractivity contribution is 9.10. The van der Waals surface area contributed by atoms with Crippen molar-refractivity contribution in [2.24, 2.45) is 0 Å². The zero-order chi connectivity index (χ0) is 12.1. The average Bonchev–Trinajstić information content (AvgIpc) is 2.76. The van der Waals surface area contributed by atoms with Gasteiger partial charge >= 0.3 is 0 Å². The van der Waals surface area contributed by atoms with Crippen LogP contribution in [0.4, 0.5) is 5.82 Å². The van der Waals surface area contributed by atoms with Gasteiger partial charge in [0.15, 0.2) is 11.5 Å². The van der Waals surface area contributed by atoms with Crippen molar-refractivity contribution in [2.45, 2.75) is 0 Å². The quantitative estimate of drug-likeness (QED) is 0.776. The number of aliphatic hydroxyl groups is 1. The summed E-state index contributed by atoms with van der Waals surface area (Å²) in [5, 5.41) is 11.7. The Morgan fingerprint density at radius 1 is 1.47 bits per heavy atom. The Hall–Kier alpha value is -1.18. The van der Waals surface area contributed by atoms with E-state index < -0.39 is 0 Å². The normalized spacial score (nSPS) is 10.9. The van der Waals surface area contributed by atoms with Crippen LogP contribution in [0, 0.1) is 0 Å². The van der Waals surface area contributed by atoms with E-state index in [1.54, 1.807) is 6.20 Å². The number of nitrogens with zero attached hydrogens (tertiary/aromatic N) is 3. The molecule has 0 saturated heterocycles. The third kappa shape index (κ3) is 3.15. The molecule has 0 radical (unpaired) electrons. The molecule has 0 aliphatic carbocycles. The lowest BCUT2D eigenvalue weighted by molar-refractivity contribution is 0.0992. The first-order valence-corrected chi connectivity index (χ1v) is 6.02. The van der Waals surface area contributed by atoms with E-state index in [1.807, 2.05) is 16.8 Å². The van der Waals surface area contributed by atoms with Gasteiger partial charge in [0, 0.05) is 25.1 Å². The lowest BCUT2D eigenvalue weighted by Crippen LogP contribution is -2.13. The number of ether oxygens (including phenoxy) is 1. The summed E-state index contributed by atoms with van der Waals surface area (Å²) in [6.45, 7) is 1.53. The van der Waals surface area contributed by atoms with E-state index >= 15 is 0 Å². The van der Waals surface area contributed by atoms with Gasteiger partial charge in [0.25, 0.3) is 0 Å². The fourth-order valence-electron chi connectivity index (χ4n) is 1.43. The Morgan fingerprint density at radius 2 is 2.35 bits per heavy atom. The molecule has 2 rings (SSSR count). The number of aliphatic hydroxyl groups excluding tert-OH is 1. The number of fused-ring (bicyclic) bond motifs is 1. The van der Waals surface area contributed by atoms with Crippen LogP contribution in [0.5, 0.6) is 0 Å². The lowest BCUT2D eigenvalue weighted by atomic mass is 10.5. The number of hydrogen-bond donors (Lipinski definition) is 2. The minimum atomic E-state index is 0.0413. The van der Waals surface area contributed by atoms with Crippen LogP contribution >= 0.6 is 15.9 Å². The van der Waals surface area contributed by atoms with Gasteiger partial charge < -0.3 is 19.6 Å². The maximum absolute atomic E-state index is 8.56. The summed E-state index contributed by atoms with van der Waals surface area (Å²) in [5.41, 5.74) is 0.773. The van der Waals surface area contributed by atoms with Crippen molar-refractivity contribution in [1.29, 1.82) is 0 Å². The van der Waals surface area contributed by atoms with Crippen LogP contribution < -0.4 is 5.32 Å². The second kappa shape index (κ2) is 5.95. The Bertz CT molecular complexity index is 488. The molecule has 7 heteroatoms. The molecular formula is C10H13BrN4O2. The Balaban J connectivity index is 2.00. The van der Waals surface area contributed by atoms with Crippen molar-refractivity contribution in [2.75, 3.05) is 31.7 Å². The van der Waals surface area contributed by atoms with Crippen LogP contribution in [0.15, 0.2) is 23.2 Å². The fraction of sp³-hybridized carbons (Fsp3) is 0.400. The average molecular weight is 301 g/mol. The molecule has 0 aliphatic rings. The summed E-state index contributed by atoms with van der Waals surface area (Å²) in [5.74, 6) is 0.706. The van der Waals surface area contributed by atoms with E-state index in [1.165, 1.54) is 0 Å². The first-order valence-electron chi connectivity index (χ1n) is 5.23. The van der Waals surface area contributed by atoms with E-state index in [-0.39, 0.29) is 6.61 Å². The smallest absolute Gasteiger partial charge is 0.180 e. The molecule has 6 nitrogen and oxygen atoms in total. The van der Waals surface area contributed by atoms with Crippen molar-refractivity contribution in [1.82, 2.24) is 14.4 Å². The van der Waals surface area contributed by atoms with Gasteiger partial charge in [-0.25, -0.2) is 9.97 Å². The van der Waals surface area contributed by atoms with Crippen molar-refractivity contribution >= 4 is 27.4 Å². The monoisotopic (exact) mass is 300 g/mol. The van der Waals surface area contributed by atoms with Crippen LogP contribution in [0.25, 0.3) is 5.65 Å². The number of hydrogen-bond acceptors (Lipinski definition) is 5. The highest BCUT2D eigenvalue weighted by atomic mass is 79.9. The van der Waals surface area contributed by atoms with Crippen molar-refractivity contribution in [3.8, 4) is 0 Å². The molecule has 17 heavy (non-hydrogen) atoms. The van der Waals surface area contributed by atoms with Crippen LogP contribution in [0.3, 0.4) is 0 Å². The van der Waals surface area contributed by atoms with Crippen molar-refractivity contribution < 1.29 is 9.84 Å². The topological polar surface area (TPSA) is 71.7 Å². The predicted octanol–water partition coefficient (Wildman–Crippen LogP) is 0.913. The van der Waals surface area contributed by atoms with Gasteiger partial charge in [0.2, 0.25) is 0 Å². The molecule has 0 aliphatic heterocycles. The Morgan fingerprint density at radius 3 is 3.18 bits per heavy atom. The second-order valence-electron chi connectivity index (χ2n) is 3.33. The molecule has 0 spiro atoms. The summed E-state index contributed by atoms with van der Waals surface area (Å²) in [4.78, 5) is 8.52. The maximum Gasteiger partial charge on any atom is 0.180 e. The first-order chi connectivity index (χ1) is 8.31. The molecular weight excluding hydrogens is 288 g/mol. The summed E-state index contributed by atoms with van der Waals surface area (Å²) < 4.78 is 7.77. The van der Waals surface area contributed by atoms with Crippen molar-refractivity contribution in [3.63, 3.8) is 0 Å². The van der Waals surface area contributed by atoms with Crippen LogP contribution in [0.1, 0.15) is 0 Å². The van der Waals surface area contributed by atoms with E-state index in [0.717, 1.165) is 10.3 Å². The molecule has 0 amide bonds. The number of halogens is 1. The third-order valence-electron chi connectivity index (χ3n) is 2.12. The summed E-state index contributed by atoms with van der Waals surface area (Å²) >= 11 is 3.34. The molecule has 0 aromatic carbocycles. The molecule has 0 atom stereocenters. The van der Waals surface area contributed by atoms with E-state index in [2.05, 4.69) is 31.2 Å². The molecule has 0 saturated carbocycles. The number of anilines is 1. The summed E-state index contributed by atoms with van der Waals surface area (Å²) in [6.07, 6.45) is 5.42. The fourth-order valence-corrected chi connectivity index (χ4v) is 1.83. The number of aromatic nitrogens is 3. The number of nitrogens with one attached hydrogen (secondary N) is 1. The number of rotatable bonds is 6. The van der Waals surface area contributed by atoms with Gasteiger partial charge in [0.1, 0.15) is 4.60 Å². The standard InChI is InChI=1S/C10H13BrN4O2/c11-8-7-15-3-1-13-10(15)9(14-8)12-2-5-17-6-4-16/h1,3,7,16H,2,4-6H2,(H,12,14). The van der Waals surface area contributed by atoms with Gasteiger partial charge in [-0.3, -0.25) is 0 Å². The highest BCUT2D eigenvalue weighted by Gasteiger charge is 2.05. The maximum atomic E-state index is 8.56. The van der Waals surface area contributed by atoms with Gasteiger partial charge in [-0.15, -0.1) is 0 Å². The second-order valence-corrected chi connectivity index (χ2v) is 4.15. The Kier molecular flexibility index (Phi) is 4.29. The van der Waals surface area contributed by atoms with Crippen LogP contribution in [-0.4, -0.2) is 45.8 Å². The van der Waals surface area contributed by atoms with Crippen LogP contribution in [0.2, 0.25) is 0 Å². The zero-order valence-corrected chi connectivity index (χ0v) is 10.7. The molecule has 0 bridgehead atoms.